The molecule has 1 fully saturated rings. The Labute approximate surface area is 177 Å². The van der Waals surface area contributed by atoms with Gasteiger partial charge in [-0.15, -0.1) is 0 Å². The van der Waals surface area contributed by atoms with Gasteiger partial charge in [0.25, 0.3) is 0 Å². The van der Waals surface area contributed by atoms with Crippen molar-refractivity contribution < 1.29 is 14.3 Å². The minimum Gasteiger partial charge on any atom is -0.381 e. The van der Waals surface area contributed by atoms with Crippen LogP contribution in [0.25, 0.3) is 0 Å². The summed E-state index contributed by atoms with van der Waals surface area (Å²) in [7, 11) is 0. The largest absolute Gasteiger partial charge is 0.381 e. The number of rotatable bonds is 6. The standard InChI is InChI=1S/C24H29N3O3/c28-23(15-19-10-13-30-14-11-19)25-12-9-18-5-7-22(8-6-18)26-24(29)27-16-20-3-1-2-4-21(20)17-27/h1-8,19H,9-17H2,(H,25,28)(H,26,29). The van der Waals surface area contributed by atoms with E-state index >= 15 is 0 Å². The van der Waals surface area contributed by atoms with E-state index in [-0.39, 0.29) is 11.9 Å². The van der Waals surface area contributed by atoms with Gasteiger partial charge >= 0.3 is 6.03 Å². The Balaban J connectivity index is 1.19. The molecule has 3 amide bonds. The fourth-order valence-electron chi connectivity index (χ4n) is 4.07. The monoisotopic (exact) mass is 407 g/mol. The average Bonchev–Trinajstić information content (AvgIpc) is 3.20. The molecule has 6 heteroatoms. The molecule has 30 heavy (non-hydrogen) atoms. The van der Waals surface area contributed by atoms with Crippen LogP contribution >= 0.6 is 0 Å². The number of hydrogen-bond acceptors (Lipinski definition) is 3. The predicted molar refractivity (Wildman–Crippen MR) is 116 cm³/mol. The molecule has 0 aliphatic carbocycles. The third-order valence-corrected chi connectivity index (χ3v) is 5.88. The van der Waals surface area contributed by atoms with Crippen LogP contribution in [0.1, 0.15) is 36.0 Å². The smallest absolute Gasteiger partial charge is 0.322 e. The lowest BCUT2D eigenvalue weighted by molar-refractivity contribution is -0.122. The molecule has 2 aliphatic heterocycles. The minimum absolute atomic E-state index is 0.0840. The maximum Gasteiger partial charge on any atom is 0.322 e. The molecule has 2 N–H and O–H groups in total. The molecule has 4 rings (SSSR count). The van der Waals surface area contributed by atoms with Gasteiger partial charge < -0.3 is 20.3 Å². The molecule has 0 unspecified atom stereocenters. The van der Waals surface area contributed by atoms with Gasteiger partial charge in [-0.05, 0) is 54.0 Å². The summed E-state index contributed by atoms with van der Waals surface area (Å²) in [5.41, 5.74) is 4.33. The summed E-state index contributed by atoms with van der Waals surface area (Å²) in [5.74, 6) is 0.572. The Morgan fingerprint density at radius 1 is 0.967 bits per heavy atom. The number of carbonyl (C=O) groups excluding carboxylic acids is 2. The average molecular weight is 408 g/mol. The molecule has 2 aliphatic rings. The van der Waals surface area contributed by atoms with Crippen molar-refractivity contribution in [3.63, 3.8) is 0 Å². The highest BCUT2D eigenvalue weighted by molar-refractivity contribution is 5.89. The van der Waals surface area contributed by atoms with E-state index in [1.807, 2.05) is 41.3 Å². The maximum atomic E-state index is 12.5. The first-order chi connectivity index (χ1) is 14.7. The summed E-state index contributed by atoms with van der Waals surface area (Å²) in [6.07, 6.45) is 3.32. The van der Waals surface area contributed by atoms with Crippen LogP contribution in [0.5, 0.6) is 0 Å². The van der Waals surface area contributed by atoms with E-state index in [0.717, 1.165) is 43.7 Å². The molecule has 0 spiro atoms. The van der Waals surface area contributed by atoms with Gasteiger partial charge in [0, 0.05) is 45.0 Å². The Bertz CT molecular complexity index is 851. The molecule has 0 radical (unpaired) electrons. The number of ether oxygens (including phenoxy) is 1. The number of anilines is 1. The Morgan fingerprint density at radius 3 is 2.30 bits per heavy atom. The molecule has 2 aromatic carbocycles. The van der Waals surface area contributed by atoms with Gasteiger partial charge in [0.15, 0.2) is 0 Å². The summed E-state index contributed by atoms with van der Waals surface area (Å²) < 4.78 is 5.34. The van der Waals surface area contributed by atoms with Crippen LogP contribution in [0, 0.1) is 5.92 Å². The summed E-state index contributed by atoms with van der Waals surface area (Å²) >= 11 is 0. The third-order valence-electron chi connectivity index (χ3n) is 5.88. The summed E-state index contributed by atoms with van der Waals surface area (Å²) in [4.78, 5) is 26.4. The van der Waals surface area contributed by atoms with Crippen LogP contribution in [0.3, 0.4) is 0 Å². The molecule has 0 bridgehead atoms. The fraction of sp³-hybridized carbons (Fsp3) is 0.417. The molecular formula is C24H29N3O3. The van der Waals surface area contributed by atoms with Gasteiger partial charge in [0.2, 0.25) is 5.91 Å². The lowest BCUT2D eigenvalue weighted by Crippen LogP contribution is -2.30. The molecule has 0 saturated carbocycles. The van der Waals surface area contributed by atoms with Crippen LogP contribution in [0.4, 0.5) is 10.5 Å². The Kier molecular flexibility index (Phi) is 6.64. The number of benzene rings is 2. The highest BCUT2D eigenvalue weighted by atomic mass is 16.5. The third kappa shape index (κ3) is 5.39. The second kappa shape index (κ2) is 9.76. The first-order valence-corrected chi connectivity index (χ1v) is 10.7. The van der Waals surface area contributed by atoms with Crippen molar-refractivity contribution in [2.45, 2.75) is 38.8 Å². The van der Waals surface area contributed by atoms with Crippen LogP contribution in [0.2, 0.25) is 0 Å². The summed E-state index contributed by atoms with van der Waals surface area (Å²) in [6.45, 7) is 3.46. The SMILES string of the molecule is O=C(CC1CCOCC1)NCCc1ccc(NC(=O)N2Cc3ccccc3C2)cc1. The van der Waals surface area contributed by atoms with Crippen LogP contribution in [-0.2, 0) is 29.0 Å². The van der Waals surface area contributed by atoms with E-state index in [2.05, 4.69) is 22.8 Å². The van der Waals surface area contributed by atoms with Gasteiger partial charge in [-0.3, -0.25) is 4.79 Å². The van der Waals surface area contributed by atoms with Crippen molar-refractivity contribution in [1.82, 2.24) is 10.2 Å². The van der Waals surface area contributed by atoms with Crippen molar-refractivity contribution in [2.24, 2.45) is 5.92 Å². The van der Waals surface area contributed by atoms with Crippen LogP contribution < -0.4 is 10.6 Å². The second-order valence-corrected chi connectivity index (χ2v) is 8.11. The van der Waals surface area contributed by atoms with Gasteiger partial charge in [-0.2, -0.15) is 0 Å². The lowest BCUT2D eigenvalue weighted by atomic mass is 9.96. The van der Waals surface area contributed by atoms with Gasteiger partial charge in [-0.25, -0.2) is 4.79 Å². The number of amides is 3. The molecule has 0 atom stereocenters. The van der Waals surface area contributed by atoms with Crippen LogP contribution in [-0.4, -0.2) is 36.6 Å². The Hall–Kier alpha value is -2.86. The first-order valence-electron chi connectivity index (χ1n) is 10.7. The van der Waals surface area contributed by atoms with Crippen molar-refractivity contribution in [3.05, 3.63) is 65.2 Å². The van der Waals surface area contributed by atoms with Crippen molar-refractivity contribution in [3.8, 4) is 0 Å². The Morgan fingerprint density at radius 2 is 1.63 bits per heavy atom. The van der Waals surface area contributed by atoms with E-state index in [1.165, 1.54) is 11.1 Å². The predicted octanol–water partition coefficient (Wildman–Crippen LogP) is 3.71. The number of urea groups is 1. The highest BCUT2D eigenvalue weighted by Crippen LogP contribution is 2.23. The van der Waals surface area contributed by atoms with Crippen LogP contribution in [0.15, 0.2) is 48.5 Å². The zero-order valence-corrected chi connectivity index (χ0v) is 17.2. The van der Waals surface area contributed by atoms with E-state index < -0.39 is 0 Å². The van der Waals surface area contributed by atoms with Gasteiger partial charge in [-0.1, -0.05) is 36.4 Å². The van der Waals surface area contributed by atoms with E-state index in [4.69, 9.17) is 4.74 Å². The van der Waals surface area contributed by atoms with Crippen molar-refractivity contribution in [1.29, 1.82) is 0 Å². The van der Waals surface area contributed by atoms with Gasteiger partial charge in [0.05, 0.1) is 0 Å². The van der Waals surface area contributed by atoms with Crippen molar-refractivity contribution in [2.75, 3.05) is 25.1 Å². The minimum atomic E-state index is -0.0840. The molecule has 0 aromatic heterocycles. The second-order valence-electron chi connectivity index (χ2n) is 8.11. The topological polar surface area (TPSA) is 70.7 Å². The lowest BCUT2D eigenvalue weighted by Gasteiger charge is -2.21. The number of carbonyl (C=O) groups is 2. The number of nitrogens with zero attached hydrogens (tertiary/aromatic N) is 1. The van der Waals surface area contributed by atoms with E-state index in [9.17, 15) is 9.59 Å². The number of fused-ring (bicyclic) bond motifs is 1. The maximum absolute atomic E-state index is 12.5. The fourth-order valence-corrected chi connectivity index (χ4v) is 4.07. The molecule has 1 saturated heterocycles. The quantitative estimate of drug-likeness (QED) is 0.767. The zero-order chi connectivity index (χ0) is 20.8. The molecular weight excluding hydrogens is 378 g/mol. The number of hydrogen-bond donors (Lipinski definition) is 2. The first kappa shape index (κ1) is 20.4. The number of nitrogens with one attached hydrogen (secondary N) is 2. The van der Waals surface area contributed by atoms with Crippen molar-refractivity contribution >= 4 is 17.6 Å². The summed E-state index contributed by atoms with van der Waals surface area (Å²) in [5, 5.41) is 5.99. The van der Waals surface area contributed by atoms with E-state index in [0.29, 0.717) is 32.0 Å². The molecule has 6 nitrogen and oxygen atoms in total. The zero-order valence-electron chi connectivity index (χ0n) is 17.2. The molecule has 158 valence electrons. The normalized spacial score (nSPS) is 16.2. The highest BCUT2D eigenvalue weighted by Gasteiger charge is 2.22. The van der Waals surface area contributed by atoms with E-state index in [1.54, 1.807) is 0 Å². The summed E-state index contributed by atoms with van der Waals surface area (Å²) in [6, 6.07) is 15.9. The van der Waals surface area contributed by atoms with Gasteiger partial charge in [0.1, 0.15) is 0 Å². The molecule has 2 heterocycles. The molecule has 2 aromatic rings.